The van der Waals surface area contributed by atoms with Crippen LogP contribution >= 0.6 is 11.3 Å². The Morgan fingerprint density at radius 3 is 2.42 bits per heavy atom. The lowest BCUT2D eigenvalue weighted by Crippen LogP contribution is -2.16. The van der Waals surface area contributed by atoms with Gasteiger partial charge in [-0.2, -0.15) is 0 Å². The van der Waals surface area contributed by atoms with Crippen LogP contribution in [0.15, 0.2) is 12.2 Å². The molecule has 6 heteroatoms. The van der Waals surface area contributed by atoms with Crippen LogP contribution in [0.25, 0.3) is 0 Å². The Balaban J connectivity index is 3.23. The molecule has 1 amide bonds. The van der Waals surface area contributed by atoms with Crippen molar-refractivity contribution in [2.45, 2.75) is 20.8 Å². The molecule has 19 heavy (non-hydrogen) atoms. The summed E-state index contributed by atoms with van der Waals surface area (Å²) < 4.78 is 0. The second kappa shape index (κ2) is 5.88. The highest BCUT2D eigenvalue weighted by Crippen LogP contribution is 2.36. The quantitative estimate of drug-likeness (QED) is 0.550. The SMILES string of the molecule is C=C(C)CNc1sc(C(=O)C(C)C)c(N)c1C(N)=O. The maximum Gasteiger partial charge on any atom is 0.253 e. The third-order valence-corrected chi connectivity index (χ3v) is 3.67. The molecule has 5 N–H and O–H groups in total. The first-order valence-corrected chi connectivity index (χ1v) is 6.71. The van der Waals surface area contributed by atoms with Crippen LogP contribution in [0.5, 0.6) is 0 Å². The van der Waals surface area contributed by atoms with Crippen molar-refractivity contribution in [3.05, 3.63) is 22.6 Å². The summed E-state index contributed by atoms with van der Waals surface area (Å²) in [6, 6.07) is 0. The molecule has 0 fully saturated rings. The average Bonchev–Trinajstić information content (AvgIpc) is 2.62. The van der Waals surface area contributed by atoms with Crippen molar-refractivity contribution in [3.63, 3.8) is 0 Å². The van der Waals surface area contributed by atoms with Gasteiger partial charge in [-0.25, -0.2) is 0 Å². The van der Waals surface area contributed by atoms with Gasteiger partial charge in [0.1, 0.15) is 5.00 Å². The lowest BCUT2D eigenvalue weighted by molar-refractivity contribution is 0.0944. The van der Waals surface area contributed by atoms with Gasteiger partial charge in [0.2, 0.25) is 0 Å². The number of hydrogen-bond acceptors (Lipinski definition) is 5. The summed E-state index contributed by atoms with van der Waals surface area (Å²) in [5.41, 5.74) is 12.5. The zero-order valence-electron chi connectivity index (χ0n) is 11.4. The normalized spacial score (nSPS) is 10.5. The number of carbonyl (C=O) groups excluding carboxylic acids is 2. The van der Waals surface area contributed by atoms with E-state index in [-0.39, 0.29) is 23.0 Å². The first kappa shape index (κ1) is 15.2. The van der Waals surface area contributed by atoms with Crippen molar-refractivity contribution < 1.29 is 9.59 Å². The highest BCUT2D eigenvalue weighted by Gasteiger charge is 2.25. The van der Waals surface area contributed by atoms with E-state index in [2.05, 4.69) is 11.9 Å². The molecule has 0 atom stereocenters. The number of primary amides is 1. The number of nitrogens with two attached hydrogens (primary N) is 2. The number of Topliss-reactive ketones (excluding diaryl/α,β-unsaturated/α-hetero) is 1. The van der Waals surface area contributed by atoms with Gasteiger partial charge in [-0.15, -0.1) is 11.3 Å². The predicted molar refractivity (Wildman–Crippen MR) is 79.7 cm³/mol. The molecule has 0 saturated carbocycles. The molecule has 1 aromatic rings. The first-order valence-electron chi connectivity index (χ1n) is 5.90. The van der Waals surface area contributed by atoms with Crippen LogP contribution in [-0.4, -0.2) is 18.2 Å². The summed E-state index contributed by atoms with van der Waals surface area (Å²) in [5, 5.41) is 3.56. The maximum absolute atomic E-state index is 12.0. The van der Waals surface area contributed by atoms with Gasteiger partial charge in [0, 0.05) is 12.5 Å². The van der Waals surface area contributed by atoms with Crippen molar-refractivity contribution in [2.75, 3.05) is 17.6 Å². The lowest BCUT2D eigenvalue weighted by Gasteiger charge is -2.04. The molecule has 104 valence electrons. The highest BCUT2D eigenvalue weighted by molar-refractivity contribution is 7.19. The molecule has 0 spiro atoms. The second-order valence-corrected chi connectivity index (χ2v) is 5.76. The first-order chi connectivity index (χ1) is 8.75. The summed E-state index contributed by atoms with van der Waals surface area (Å²) in [7, 11) is 0. The Bertz CT molecular complexity index is 532. The fourth-order valence-electron chi connectivity index (χ4n) is 1.49. The third-order valence-electron chi connectivity index (χ3n) is 2.49. The summed E-state index contributed by atoms with van der Waals surface area (Å²) >= 11 is 1.17. The van der Waals surface area contributed by atoms with E-state index in [0.29, 0.717) is 16.4 Å². The number of thiophene rings is 1. The van der Waals surface area contributed by atoms with Crippen LogP contribution in [0.4, 0.5) is 10.7 Å². The minimum atomic E-state index is -0.638. The lowest BCUT2D eigenvalue weighted by atomic mass is 10.1. The van der Waals surface area contributed by atoms with Crippen LogP contribution in [0, 0.1) is 5.92 Å². The van der Waals surface area contributed by atoms with Gasteiger partial charge in [0.25, 0.3) is 5.91 Å². The van der Waals surface area contributed by atoms with Crippen molar-refractivity contribution in [2.24, 2.45) is 11.7 Å². The molecule has 0 aliphatic rings. The fraction of sp³-hybridized carbons (Fsp3) is 0.385. The fourth-order valence-corrected chi connectivity index (χ4v) is 2.70. The molecule has 1 aromatic heterocycles. The van der Waals surface area contributed by atoms with E-state index in [9.17, 15) is 9.59 Å². The summed E-state index contributed by atoms with van der Waals surface area (Å²) in [4.78, 5) is 23.9. The smallest absolute Gasteiger partial charge is 0.253 e. The van der Waals surface area contributed by atoms with Gasteiger partial charge in [0.05, 0.1) is 16.1 Å². The van der Waals surface area contributed by atoms with Crippen molar-refractivity contribution in [1.29, 1.82) is 0 Å². The molecule has 1 heterocycles. The van der Waals surface area contributed by atoms with Gasteiger partial charge in [-0.05, 0) is 6.92 Å². The van der Waals surface area contributed by atoms with E-state index >= 15 is 0 Å². The van der Waals surface area contributed by atoms with E-state index < -0.39 is 5.91 Å². The number of ketones is 1. The van der Waals surface area contributed by atoms with Gasteiger partial charge in [0.15, 0.2) is 5.78 Å². The molecule has 0 bridgehead atoms. The van der Waals surface area contributed by atoms with E-state index in [1.807, 2.05) is 6.92 Å². The van der Waals surface area contributed by atoms with Crippen LogP contribution in [0.2, 0.25) is 0 Å². The Kier molecular flexibility index (Phi) is 4.72. The van der Waals surface area contributed by atoms with Gasteiger partial charge in [-0.1, -0.05) is 26.0 Å². The van der Waals surface area contributed by atoms with Crippen LogP contribution in [0.3, 0.4) is 0 Å². The van der Waals surface area contributed by atoms with E-state index in [4.69, 9.17) is 11.5 Å². The second-order valence-electron chi connectivity index (χ2n) is 4.74. The molecule has 0 unspecified atom stereocenters. The molecule has 5 nitrogen and oxygen atoms in total. The Hall–Kier alpha value is -1.82. The van der Waals surface area contributed by atoms with E-state index in [1.54, 1.807) is 13.8 Å². The number of hydrogen-bond donors (Lipinski definition) is 3. The topological polar surface area (TPSA) is 98.2 Å². The van der Waals surface area contributed by atoms with E-state index in [0.717, 1.165) is 5.57 Å². The molecule has 0 radical (unpaired) electrons. The van der Waals surface area contributed by atoms with Gasteiger partial charge in [-0.3, -0.25) is 9.59 Å². The van der Waals surface area contributed by atoms with Gasteiger partial charge < -0.3 is 16.8 Å². The number of anilines is 2. The number of rotatable bonds is 6. The predicted octanol–water partition coefficient (Wildman–Crippen LogP) is 2.26. The molecule has 1 rings (SSSR count). The summed E-state index contributed by atoms with van der Waals surface area (Å²) in [6.07, 6.45) is 0. The molecular weight excluding hydrogens is 262 g/mol. The standard InChI is InChI=1S/C13H19N3O2S/c1-6(2)5-16-13-8(12(15)18)9(14)11(19-13)10(17)7(3)4/h7,16H,1,5,14H2,2-4H3,(H2,15,18). The molecule has 0 aliphatic carbocycles. The molecule has 0 aromatic carbocycles. The zero-order valence-corrected chi connectivity index (χ0v) is 12.2. The van der Waals surface area contributed by atoms with Crippen molar-refractivity contribution >= 4 is 33.7 Å². The minimum Gasteiger partial charge on any atom is -0.397 e. The third kappa shape index (κ3) is 3.35. The number of nitrogens with one attached hydrogen (secondary N) is 1. The molecule has 0 aliphatic heterocycles. The van der Waals surface area contributed by atoms with Crippen molar-refractivity contribution in [3.8, 4) is 0 Å². The van der Waals surface area contributed by atoms with Crippen LogP contribution in [0.1, 0.15) is 40.8 Å². The Morgan fingerprint density at radius 2 is 2.00 bits per heavy atom. The highest BCUT2D eigenvalue weighted by atomic mass is 32.1. The molecule has 0 saturated heterocycles. The van der Waals surface area contributed by atoms with Crippen LogP contribution < -0.4 is 16.8 Å². The zero-order chi connectivity index (χ0) is 14.7. The van der Waals surface area contributed by atoms with Crippen molar-refractivity contribution in [1.82, 2.24) is 0 Å². The van der Waals surface area contributed by atoms with E-state index in [1.165, 1.54) is 11.3 Å². The average molecular weight is 281 g/mol. The number of carbonyl (C=O) groups is 2. The maximum atomic E-state index is 12.0. The monoisotopic (exact) mass is 281 g/mol. The minimum absolute atomic E-state index is 0.0895. The largest absolute Gasteiger partial charge is 0.397 e. The van der Waals surface area contributed by atoms with Crippen LogP contribution in [-0.2, 0) is 0 Å². The Morgan fingerprint density at radius 1 is 1.42 bits per heavy atom. The van der Waals surface area contributed by atoms with Gasteiger partial charge >= 0.3 is 0 Å². The number of nitrogen functional groups attached to an aromatic ring is 1. The molecular formula is C13H19N3O2S. The number of amides is 1. The summed E-state index contributed by atoms with van der Waals surface area (Å²) in [5.74, 6) is -0.912. The Labute approximate surface area is 116 Å². The summed E-state index contributed by atoms with van der Waals surface area (Å²) in [6.45, 7) is 9.68.